The van der Waals surface area contributed by atoms with Crippen LogP contribution in [0.3, 0.4) is 0 Å². The smallest absolute Gasteiger partial charge is 0.0443 e. The fraction of sp³-hybridized carbons (Fsp3) is 0.625. The lowest BCUT2D eigenvalue weighted by molar-refractivity contribution is 0.431. The minimum absolute atomic E-state index is 0.556. The highest BCUT2D eigenvalue weighted by molar-refractivity contribution is 6.31. The maximum atomic E-state index is 6.33. The first-order valence-electron chi connectivity index (χ1n) is 6.82. The Morgan fingerprint density at radius 3 is 2.47 bits per heavy atom. The van der Waals surface area contributed by atoms with E-state index < -0.39 is 0 Å². The van der Waals surface area contributed by atoms with Gasteiger partial charge in [-0.1, -0.05) is 70.2 Å². The van der Waals surface area contributed by atoms with Crippen molar-refractivity contribution in [3.8, 4) is 0 Å². The van der Waals surface area contributed by atoms with Gasteiger partial charge in [-0.3, -0.25) is 0 Å². The molecule has 0 amide bonds. The van der Waals surface area contributed by atoms with E-state index in [9.17, 15) is 0 Å². The summed E-state index contributed by atoms with van der Waals surface area (Å²) in [5.74, 6) is 1.27. The molecule has 0 N–H and O–H groups in total. The largest absolute Gasteiger partial charge is 0.0840 e. The van der Waals surface area contributed by atoms with Crippen LogP contribution in [0, 0.1) is 12.8 Å². The van der Waals surface area contributed by atoms with Crippen molar-refractivity contribution in [3.05, 3.63) is 34.3 Å². The molecule has 0 saturated heterocycles. The first-order valence-corrected chi connectivity index (χ1v) is 7.20. The van der Waals surface area contributed by atoms with Crippen molar-refractivity contribution in [1.29, 1.82) is 0 Å². The summed E-state index contributed by atoms with van der Waals surface area (Å²) in [7, 11) is 0. The molecule has 0 aromatic heterocycles. The topological polar surface area (TPSA) is 0 Å². The number of benzene rings is 1. The van der Waals surface area contributed by atoms with Crippen LogP contribution < -0.4 is 0 Å². The van der Waals surface area contributed by atoms with Gasteiger partial charge in [0.25, 0.3) is 0 Å². The quantitative estimate of drug-likeness (QED) is 0.547. The predicted octanol–water partition coefficient (Wildman–Crippen LogP) is 5.97. The maximum Gasteiger partial charge on any atom is 0.0443 e. The van der Waals surface area contributed by atoms with E-state index in [1.807, 2.05) is 0 Å². The summed E-state index contributed by atoms with van der Waals surface area (Å²) in [4.78, 5) is 0. The fourth-order valence-electron chi connectivity index (χ4n) is 2.27. The normalized spacial score (nSPS) is 14.6. The second-order valence-electron chi connectivity index (χ2n) is 5.29. The van der Waals surface area contributed by atoms with Crippen molar-refractivity contribution in [2.24, 2.45) is 5.92 Å². The van der Waals surface area contributed by atoms with Gasteiger partial charge in [0.1, 0.15) is 0 Å². The molecule has 96 valence electrons. The van der Waals surface area contributed by atoms with Crippen LogP contribution in [0.4, 0.5) is 0 Å². The number of hydrogen-bond donors (Lipinski definition) is 0. The molecule has 17 heavy (non-hydrogen) atoms. The molecule has 0 aliphatic rings. The molecule has 0 nitrogen and oxygen atoms in total. The van der Waals surface area contributed by atoms with Crippen molar-refractivity contribution in [3.63, 3.8) is 0 Å². The summed E-state index contributed by atoms with van der Waals surface area (Å²) in [6.45, 7) is 8.99. The molecule has 0 fully saturated rings. The van der Waals surface area contributed by atoms with E-state index in [4.69, 9.17) is 11.6 Å². The van der Waals surface area contributed by atoms with Crippen molar-refractivity contribution in [2.75, 3.05) is 0 Å². The van der Waals surface area contributed by atoms with Crippen LogP contribution in [0.1, 0.15) is 63.5 Å². The van der Waals surface area contributed by atoms with Crippen LogP contribution in [0.2, 0.25) is 5.02 Å². The van der Waals surface area contributed by atoms with E-state index >= 15 is 0 Å². The Labute approximate surface area is 111 Å². The molecule has 0 spiro atoms. The number of halogens is 1. The van der Waals surface area contributed by atoms with E-state index in [-0.39, 0.29) is 0 Å². The zero-order valence-electron chi connectivity index (χ0n) is 11.6. The summed E-state index contributed by atoms with van der Waals surface area (Å²) in [6.07, 6.45) is 5.29. The highest BCUT2D eigenvalue weighted by Crippen LogP contribution is 2.33. The molecule has 0 bridgehead atoms. The third kappa shape index (κ3) is 4.35. The molecule has 1 heteroatoms. The fourth-order valence-corrected chi connectivity index (χ4v) is 2.68. The molecule has 1 aromatic rings. The van der Waals surface area contributed by atoms with Gasteiger partial charge in [-0.25, -0.2) is 0 Å². The van der Waals surface area contributed by atoms with Gasteiger partial charge in [0.15, 0.2) is 0 Å². The molecule has 2 atom stereocenters. The average molecular weight is 253 g/mol. The lowest BCUT2D eigenvalue weighted by atomic mass is 9.85. The molecular formula is C16H25Cl. The van der Waals surface area contributed by atoms with E-state index in [2.05, 4.69) is 45.9 Å². The van der Waals surface area contributed by atoms with Crippen LogP contribution >= 0.6 is 11.6 Å². The number of rotatable bonds is 6. The highest BCUT2D eigenvalue weighted by Gasteiger charge is 2.16. The van der Waals surface area contributed by atoms with Crippen LogP contribution in [-0.4, -0.2) is 0 Å². The number of aryl methyl sites for hydroxylation is 1. The van der Waals surface area contributed by atoms with Gasteiger partial charge < -0.3 is 0 Å². The van der Waals surface area contributed by atoms with Gasteiger partial charge >= 0.3 is 0 Å². The van der Waals surface area contributed by atoms with E-state index in [1.165, 1.54) is 36.8 Å². The second kappa shape index (κ2) is 7.06. The zero-order chi connectivity index (χ0) is 12.8. The van der Waals surface area contributed by atoms with Gasteiger partial charge in [0, 0.05) is 5.02 Å². The van der Waals surface area contributed by atoms with Crippen molar-refractivity contribution in [2.45, 2.75) is 59.3 Å². The molecule has 0 saturated carbocycles. The minimum Gasteiger partial charge on any atom is -0.0840 e. The Morgan fingerprint density at radius 1 is 1.18 bits per heavy atom. The molecule has 0 aliphatic carbocycles. The SMILES string of the molecule is CCCCCC(C)C(C)c1ccc(C)cc1Cl. The van der Waals surface area contributed by atoms with Crippen LogP contribution in [0.25, 0.3) is 0 Å². The Morgan fingerprint density at radius 2 is 1.88 bits per heavy atom. The zero-order valence-corrected chi connectivity index (χ0v) is 12.3. The van der Waals surface area contributed by atoms with Crippen molar-refractivity contribution in [1.82, 2.24) is 0 Å². The van der Waals surface area contributed by atoms with E-state index in [0.29, 0.717) is 11.8 Å². The van der Waals surface area contributed by atoms with Gasteiger partial charge in [-0.15, -0.1) is 0 Å². The summed E-state index contributed by atoms with van der Waals surface area (Å²) >= 11 is 6.33. The number of hydrogen-bond acceptors (Lipinski definition) is 0. The van der Waals surface area contributed by atoms with Crippen LogP contribution in [-0.2, 0) is 0 Å². The monoisotopic (exact) mass is 252 g/mol. The molecule has 0 aliphatic heterocycles. The van der Waals surface area contributed by atoms with Gasteiger partial charge in [0.05, 0.1) is 0 Å². The third-order valence-corrected chi connectivity index (χ3v) is 4.09. The highest BCUT2D eigenvalue weighted by atomic mass is 35.5. The Kier molecular flexibility index (Phi) is 6.05. The van der Waals surface area contributed by atoms with Gasteiger partial charge in [0.2, 0.25) is 0 Å². The Bertz CT molecular complexity index is 343. The lowest BCUT2D eigenvalue weighted by Gasteiger charge is -2.21. The predicted molar refractivity (Wildman–Crippen MR) is 77.9 cm³/mol. The van der Waals surface area contributed by atoms with Crippen LogP contribution in [0.5, 0.6) is 0 Å². The Hall–Kier alpha value is -0.490. The second-order valence-corrected chi connectivity index (χ2v) is 5.69. The first kappa shape index (κ1) is 14.6. The molecular weight excluding hydrogens is 228 g/mol. The minimum atomic E-state index is 0.556. The van der Waals surface area contributed by atoms with E-state index in [0.717, 1.165) is 5.02 Å². The Balaban J connectivity index is 2.64. The van der Waals surface area contributed by atoms with Crippen molar-refractivity contribution < 1.29 is 0 Å². The van der Waals surface area contributed by atoms with Crippen LogP contribution in [0.15, 0.2) is 18.2 Å². The summed E-state index contributed by atoms with van der Waals surface area (Å²) in [5.41, 5.74) is 2.55. The summed E-state index contributed by atoms with van der Waals surface area (Å²) in [5, 5.41) is 0.930. The third-order valence-electron chi connectivity index (χ3n) is 3.76. The maximum absolute atomic E-state index is 6.33. The molecule has 1 aromatic carbocycles. The average Bonchev–Trinajstić information content (AvgIpc) is 2.28. The van der Waals surface area contributed by atoms with Gasteiger partial charge in [-0.05, 0) is 36.0 Å². The first-order chi connectivity index (χ1) is 8.06. The summed E-state index contributed by atoms with van der Waals surface area (Å²) in [6, 6.07) is 6.43. The molecule has 1 rings (SSSR count). The molecule has 2 unspecified atom stereocenters. The number of unbranched alkanes of at least 4 members (excludes halogenated alkanes) is 2. The summed E-state index contributed by atoms with van der Waals surface area (Å²) < 4.78 is 0. The van der Waals surface area contributed by atoms with E-state index in [1.54, 1.807) is 0 Å². The van der Waals surface area contributed by atoms with Gasteiger partial charge in [-0.2, -0.15) is 0 Å². The molecule has 0 heterocycles. The molecule has 0 radical (unpaired) electrons. The standard InChI is InChI=1S/C16H25Cl/c1-5-6-7-8-13(3)14(4)15-10-9-12(2)11-16(15)17/h9-11,13-14H,5-8H2,1-4H3. The lowest BCUT2D eigenvalue weighted by Crippen LogP contribution is -2.07. The van der Waals surface area contributed by atoms with Crippen molar-refractivity contribution >= 4 is 11.6 Å².